The summed E-state index contributed by atoms with van der Waals surface area (Å²) in [6.45, 7) is 0. The van der Waals surface area contributed by atoms with Crippen molar-refractivity contribution >= 4 is 0 Å². The third kappa shape index (κ3) is 1.99. The lowest BCUT2D eigenvalue weighted by molar-refractivity contribution is -0.144. The lowest BCUT2D eigenvalue weighted by atomic mass is 10.3. The van der Waals surface area contributed by atoms with Gasteiger partial charge in [-0.1, -0.05) is 0 Å². The second kappa shape index (κ2) is 2.89. The van der Waals surface area contributed by atoms with Gasteiger partial charge in [0.05, 0.1) is 0 Å². The second-order valence-corrected chi connectivity index (χ2v) is 2.44. The summed E-state index contributed by atoms with van der Waals surface area (Å²) in [6.07, 6.45) is -9.80. The zero-order valence-electron chi connectivity index (χ0n) is 6.66. The van der Waals surface area contributed by atoms with E-state index in [1.165, 1.54) is 0 Å². The van der Waals surface area contributed by atoms with E-state index in [0.717, 1.165) is 13.1 Å². The van der Waals surface area contributed by atoms with Crippen molar-refractivity contribution < 1.29 is 26.3 Å². The number of aromatic nitrogens is 2. The van der Waals surface area contributed by atoms with Crippen LogP contribution in [0.25, 0.3) is 0 Å². The number of alkyl halides is 6. The Kier molecular flexibility index (Phi) is 2.24. The van der Waals surface area contributed by atoms with Crippen LogP contribution in [0.5, 0.6) is 0 Å². The van der Waals surface area contributed by atoms with E-state index in [2.05, 4.69) is 5.10 Å². The van der Waals surface area contributed by atoms with Gasteiger partial charge in [-0.15, -0.1) is 0 Å². The van der Waals surface area contributed by atoms with Crippen molar-refractivity contribution in [2.75, 3.05) is 0 Å². The second-order valence-electron chi connectivity index (χ2n) is 2.44. The van der Waals surface area contributed by atoms with Crippen LogP contribution in [0.15, 0.2) is 0 Å². The molecule has 1 heterocycles. The Morgan fingerprint density at radius 3 is 1.79 bits per heavy atom. The molecule has 0 bridgehead atoms. The molecule has 0 unspecified atom stereocenters. The molecule has 0 saturated heterocycles. The zero-order chi connectivity index (χ0) is 11.1. The third-order valence-electron chi connectivity index (χ3n) is 1.35. The lowest BCUT2D eigenvalue weighted by Gasteiger charge is -2.04. The maximum atomic E-state index is 12.0. The molecular weight excluding hydrogens is 214 g/mol. The smallest absolute Gasteiger partial charge is 0.262 e. The summed E-state index contributed by atoms with van der Waals surface area (Å²) in [7, 11) is 0.772. The van der Waals surface area contributed by atoms with Gasteiger partial charge in [0.1, 0.15) is 0 Å². The van der Waals surface area contributed by atoms with Crippen LogP contribution in [0.1, 0.15) is 11.4 Å². The molecule has 0 fully saturated rings. The molecule has 1 radical (unpaired) electrons. The number of nitrogens with zero attached hydrogens (tertiary/aromatic N) is 2. The van der Waals surface area contributed by atoms with Gasteiger partial charge in [-0.25, -0.2) is 0 Å². The highest BCUT2D eigenvalue weighted by Gasteiger charge is 2.41. The maximum absolute atomic E-state index is 12.0. The molecule has 0 aliphatic heterocycles. The molecular formula is C6H3F6N2. The van der Waals surface area contributed by atoms with E-state index in [1.54, 1.807) is 0 Å². The summed E-state index contributed by atoms with van der Waals surface area (Å²) in [5.41, 5.74) is -3.22. The van der Waals surface area contributed by atoms with Gasteiger partial charge in [0.2, 0.25) is 0 Å². The third-order valence-corrected chi connectivity index (χ3v) is 1.35. The van der Waals surface area contributed by atoms with Gasteiger partial charge in [-0.2, -0.15) is 31.4 Å². The minimum Gasteiger partial charge on any atom is -0.262 e. The fourth-order valence-electron chi connectivity index (χ4n) is 0.800. The van der Waals surface area contributed by atoms with Gasteiger partial charge in [-0.3, -0.25) is 4.68 Å². The van der Waals surface area contributed by atoms with Gasteiger partial charge in [0, 0.05) is 13.1 Å². The van der Waals surface area contributed by atoms with E-state index in [1.807, 2.05) is 0 Å². The molecule has 1 aromatic heterocycles. The molecule has 0 aliphatic rings. The SMILES string of the molecule is Cn1nc(C(F)(F)F)[c]c1C(F)(F)F. The quantitative estimate of drug-likeness (QED) is 0.609. The zero-order valence-corrected chi connectivity index (χ0v) is 6.66. The first-order chi connectivity index (χ1) is 6.12. The minimum atomic E-state index is -4.92. The van der Waals surface area contributed by atoms with Crippen LogP contribution in [0, 0.1) is 6.07 Å². The number of hydrogen-bond donors (Lipinski definition) is 0. The van der Waals surface area contributed by atoms with Crippen molar-refractivity contribution in [2.24, 2.45) is 7.05 Å². The highest BCUT2D eigenvalue weighted by molar-refractivity contribution is 5.13. The molecule has 0 saturated carbocycles. The Labute approximate surface area is 74.1 Å². The summed E-state index contributed by atoms with van der Waals surface area (Å²) in [4.78, 5) is 0. The summed E-state index contributed by atoms with van der Waals surface area (Å²) in [5, 5.41) is 2.66. The summed E-state index contributed by atoms with van der Waals surface area (Å²) >= 11 is 0. The predicted molar refractivity (Wildman–Crippen MR) is 32.0 cm³/mol. The fraction of sp³-hybridized carbons (Fsp3) is 0.500. The standard InChI is InChI=1S/C6H3F6N2/c1-14-4(6(10,11)12)2-3(13-14)5(7,8)9/h1H3. The van der Waals surface area contributed by atoms with Crippen molar-refractivity contribution in [3.8, 4) is 0 Å². The molecule has 0 aliphatic carbocycles. The van der Waals surface area contributed by atoms with Crippen molar-refractivity contribution in [3.05, 3.63) is 17.5 Å². The summed E-state index contributed by atoms with van der Waals surface area (Å²) in [5.74, 6) is 0. The normalized spacial score (nSPS) is 13.4. The van der Waals surface area contributed by atoms with Crippen LogP contribution >= 0.6 is 0 Å². The largest absolute Gasteiger partial charge is 0.435 e. The van der Waals surface area contributed by atoms with Gasteiger partial charge in [0.15, 0.2) is 11.4 Å². The molecule has 1 rings (SSSR count). The Hall–Kier alpha value is -1.21. The fourth-order valence-corrected chi connectivity index (χ4v) is 0.800. The van der Waals surface area contributed by atoms with Gasteiger partial charge in [-0.05, 0) is 0 Å². The summed E-state index contributed by atoms with van der Waals surface area (Å²) < 4.78 is 71.8. The van der Waals surface area contributed by atoms with E-state index >= 15 is 0 Å². The van der Waals surface area contributed by atoms with Crippen LogP contribution in [0.2, 0.25) is 0 Å². The number of halogens is 6. The number of aryl methyl sites for hydroxylation is 1. The molecule has 79 valence electrons. The summed E-state index contributed by atoms with van der Waals surface area (Å²) in [6, 6.07) is 1.16. The Morgan fingerprint density at radius 2 is 1.57 bits per heavy atom. The Morgan fingerprint density at radius 1 is 1.07 bits per heavy atom. The molecule has 14 heavy (non-hydrogen) atoms. The van der Waals surface area contributed by atoms with E-state index in [0.29, 0.717) is 0 Å². The Bertz CT molecular complexity index is 333. The van der Waals surface area contributed by atoms with Crippen molar-refractivity contribution in [1.82, 2.24) is 9.78 Å². The molecule has 2 nitrogen and oxygen atoms in total. The molecule has 8 heteroatoms. The van der Waals surface area contributed by atoms with Crippen molar-refractivity contribution in [2.45, 2.75) is 12.4 Å². The first-order valence-corrected chi connectivity index (χ1v) is 3.23. The molecule has 0 N–H and O–H groups in total. The van der Waals surface area contributed by atoms with Crippen molar-refractivity contribution in [3.63, 3.8) is 0 Å². The van der Waals surface area contributed by atoms with Crippen molar-refractivity contribution in [1.29, 1.82) is 0 Å². The highest BCUT2D eigenvalue weighted by Crippen LogP contribution is 2.33. The molecule has 0 amide bonds. The average molecular weight is 217 g/mol. The van der Waals surface area contributed by atoms with E-state index in [-0.39, 0.29) is 4.68 Å². The van der Waals surface area contributed by atoms with Gasteiger partial charge >= 0.3 is 12.4 Å². The maximum Gasteiger partial charge on any atom is 0.435 e. The van der Waals surface area contributed by atoms with Crippen LogP contribution in [0.4, 0.5) is 26.3 Å². The monoisotopic (exact) mass is 217 g/mol. The number of hydrogen-bond acceptors (Lipinski definition) is 1. The molecule has 0 spiro atoms. The Balaban J connectivity index is 3.19. The van der Waals surface area contributed by atoms with Crippen LogP contribution < -0.4 is 0 Å². The first-order valence-electron chi connectivity index (χ1n) is 3.23. The van der Waals surface area contributed by atoms with Crippen LogP contribution in [0.3, 0.4) is 0 Å². The number of rotatable bonds is 0. The first kappa shape index (κ1) is 10.9. The van der Waals surface area contributed by atoms with E-state index in [4.69, 9.17) is 0 Å². The molecule has 0 atom stereocenters. The average Bonchev–Trinajstić information content (AvgIpc) is 2.27. The van der Waals surface area contributed by atoms with E-state index < -0.39 is 23.7 Å². The van der Waals surface area contributed by atoms with Gasteiger partial charge in [0.25, 0.3) is 0 Å². The van der Waals surface area contributed by atoms with E-state index in [9.17, 15) is 26.3 Å². The highest BCUT2D eigenvalue weighted by atomic mass is 19.4. The minimum absolute atomic E-state index is 0.100. The molecule has 0 aromatic carbocycles. The van der Waals surface area contributed by atoms with Crippen LogP contribution in [-0.4, -0.2) is 9.78 Å². The lowest BCUT2D eigenvalue weighted by Crippen LogP contribution is -2.11. The predicted octanol–water partition coefficient (Wildman–Crippen LogP) is 2.26. The van der Waals surface area contributed by atoms with Gasteiger partial charge < -0.3 is 0 Å². The topological polar surface area (TPSA) is 17.8 Å². The van der Waals surface area contributed by atoms with Crippen LogP contribution in [-0.2, 0) is 19.4 Å². The molecule has 1 aromatic rings.